The fraction of sp³-hybridized carbons (Fsp3) is 0.263. The van der Waals surface area contributed by atoms with Gasteiger partial charge in [0, 0.05) is 23.6 Å². The normalized spacial score (nSPS) is 10.6. The summed E-state index contributed by atoms with van der Waals surface area (Å²) in [4.78, 5) is 20.4. The summed E-state index contributed by atoms with van der Waals surface area (Å²) in [7, 11) is 1.47. The number of hydrogen-bond donors (Lipinski definition) is 1. The highest BCUT2D eigenvalue weighted by Crippen LogP contribution is 2.31. The van der Waals surface area contributed by atoms with Crippen LogP contribution < -0.4 is 10.3 Å². The zero-order valence-corrected chi connectivity index (χ0v) is 14.9. The van der Waals surface area contributed by atoms with Crippen LogP contribution in [0.3, 0.4) is 0 Å². The van der Waals surface area contributed by atoms with E-state index in [0.29, 0.717) is 54.0 Å². The Hall–Kier alpha value is -3.51. The summed E-state index contributed by atoms with van der Waals surface area (Å²) in [6, 6.07) is 12.1. The molecule has 0 aliphatic carbocycles. The molecule has 27 heavy (non-hydrogen) atoms. The van der Waals surface area contributed by atoms with Gasteiger partial charge in [0.05, 0.1) is 18.0 Å². The molecule has 1 N–H and O–H groups in total. The standard InChI is InChI=1S/C19H19N5O3/c1-27-17-12-13(8-9-16(17)25)18-22-15-7-3-2-6-14(15)19(26)24(18)11-5-4-10-21-23-20/h2-3,6-9,12,25H,4-5,10-11H2,1H3. The fourth-order valence-corrected chi connectivity index (χ4v) is 2.91. The summed E-state index contributed by atoms with van der Waals surface area (Å²) >= 11 is 0. The molecular weight excluding hydrogens is 346 g/mol. The summed E-state index contributed by atoms with van der Waals surface area (Å²) in [5.74, 6) is 0.830. The van der Waals surface area contributed by atoms with E-state index in [2.05, 4.69) is 15.0 Å². The molecule has 0 aliphatic heterocycles. The number of aromatic nitrogens is 2. The van der Waals surface area contributed by atoms with Gasteiger partial charge in [0.25, 0.3) is 5.56 Å². The van der Waals surface area contributed by atoms with E-state index in [1.54, 1.807) is 34.9 Å². The lowest BCUT2D eigenvalue weighted by Gasteiger charge is -2.14. The smallest absolute Gasteiger partial charge is 0.261 e. The largest absolute Gasteiger partial charge is 0.504 e. The number of hydrogen-bond acceptors (Lipinski definition) is 5. The van der Waals surface area contributed by atoms with Gasteiger partial charge >= 0.3 is 0 Å². The van der Waals surface area contributed by atoms with Gasteiger partial charge in [-0.05, 0) is 48.7 Å². The monoisotopic (exact) mass is 365 g/mol. The number of fused-ring (bicyclic) bond motifs is 1. The number of ether oxygens (including phenoxy) is 1. The molecule has 138 valence electrons. The van der Waals surface area contributed by atoms with E-state index in [0.717, 1.165) is 0 Å². The van der Waals surface area contributed by atoms with Crippen LogP contribution in [0.2, 0.25) is 0 Å². The lowest BCUT2D eigenvalue weighted by molar-refractivity contribution is 0.373. The molecule has 8 nitrogen and oxygen atoms in total. The van der Waals surface area contributed by atoms with Crippen LogP contribution in [0.1, 0.15) is 12.8 Å². The lowest BCUT2D eigenvalue weighted by Crippen LogP contribution is -2.23. The van der Waals surface area contributed by atoms with E-state index in [4.69, 9.17) is 10.3 Å². The first kappa shape index (κ1) is 18.3. The highest BCUT2D eigenvalue weighted by molar-refractivity contribution is 5.79. The highest BCUT2D eigenvalue weighted by atomic mass is 16.5. The number of phenols is 1. The minimum Gasteiger partial charge on any atom is -0.504 e. The van der Waals surface area contributed by atoms with E-state index in [9.17, 15) is 9.90 Å². The van der Waals surface area contributed by atoms with E-state index in [-0.39, 0.29) is 11.3 Å². The van der Waals surface area contributed by atoms with Gasteiger partial charge in [-0.2, -0.15) is 0 Å². The zero-order chi connectivity index (χ0) is 19.2. The molecule has 8 heteroatoms. The minimum absolute atomic E-state index is 0.0188. The van der Waals surface area contributed by atoms with Crippen molar-refractivity contribution in [1.82, 2.24) is 9.55 Å². The molecule has 0 bridgehead atoms. The van der Waals surface area contributed by atoms with Crippen LogP contribution in [0.25, 0.3) is 32.7 Å². The van der Waals surface area contributed by atoms with Crippen molar-refractivity contribution < 1.29 is 9.84 Å². The third-order valence-corrected chi connectivity index (χ3v) is 4.25. The van der Waals surface area contributed by atoms with Gasteiger partial charge in [-0.25, -0.2) is 4.98 Å². The maximum atomic E-state index is 13.0. The molecule has 0 saturated carbocycles. The number of phenolic OH excluding ortho intramolecular Hbond substituents is 1. The molecular formula is C19H19N5O3. The average molecular weight is 365 g/mol. The second kappa shape index (κ2) is 8.25. The van der Waals surface area contributed by atoms with Gasteiger partial charge in [0.2, 0.25) is 0 Å². The van der Waals surface area contributed by atoms with Gasteiger partial charge in [0.1, 0.15) is 5.82 Å². The third-order valence-electron chi connectivity index (χ3n) is 4.25. The third kappa shape index (κ3) is 3.86. The first-order valence-electron chi connectivity index (χ1n) is 8.53. The molecule has 0 atom stereocenters. The zero-order valence-electron chi connectivity index (χ0n) is 14.9. The summed E-state index contributed by atoms with van der Waals surface area (Å²) in [5, 5.41) is 13.9. The van der Waals surface area contributed by atoms with E-state index < -0.39 is 0 Å². The number of benzene rings is 2. The topological polar surface area (TPSA) is 113 Å². The molecule has 0 unspecified atom stereocenters. The van der Waals surface area contributed by atoms with Crippen LogP contribution in [0.4, 0.5) is 0 Å². The fourth-order valence-electron chi connectivity index (χ4n) is 2.91. The van der Waals surface area contributed by atoms with E-state index >= 15 is 0 Å². The Morgan fingerprint density at radius 1 is 1.26 bits per heavy atom. The number of aromatic hydroxyl groups is 1. The molecule has 3 aromatic rings. The number of azide groups is 1. The molecule has 0 radical (unpaired) electrons. The van der Waals surface area contributed by atoms with Crippen LogP contribution in [-0.2, 0) is 6.54 Å². The molecule has 0 aliphatic rings. The van der Waals surface area contributed by atoms with E-state index in [1.807, 2.05) is 6.07 Å². The Morgan fingerprint density at radius 2 is 2.07 bits per heavy atom. The SMILES string of the molecule is COc1cc(-c2nc3ccccc3c(=O)n2CCCCN=[N+]=[N-])ccc1O. The van der Waals surface area contributed by atoms with Crippen molar-refractivity contribution >= 4 is 10.9 Å². The maximum absolute atomic E-state index is 13.0. The number of unbranched alkanes of at least 4 members (excludes halogenated alkanes) is 1. The first-order chi connectivity index (χ1) is 13.2. The molecule has 1 aromatic heterocycles. The number of para-hydroxylation sites is 1. The Bertz CT molecular complexity index is 1070. The highest BCUT2D eigenvalue weighted by Gasteiger charge is 2.14. The molecule has 0 saturated heterocycles. The Kier molecular flexibility index (Phi) is 5.58. The van der Waals surface area contributed by atoms with Crippen LogP contribution in [0.5, 0.6) is 11.5 Å². The van der Waals surface area contributed by atoms with Gasteiger partial charge in [0.15, 0.2) is 11.5 Å². The van der Waals surface area contributed by atoms with Gasteiger partial charge < -0.3 is 9.84 Å². The maximum Gasteiger partial charge on any atom is 0.261 e. The summed E-state index contributed by atoms with van der Waals surface area (Å²) in [6.45, 7) is 0.824. The van der Waals surface area contributed by atoms with Crippen LogP contribution >= 0.6 is 0 Å². The van der Waals surface area contributed by atoms with Gasteiger partial charge in [-0.15, -0.1) is 0 Å². The molecule has 2 aromatic carbocycles. The van der Waals surface area contributed by atoms with Crippen LogP contribution in [-0.4, -0.2) is 28.3 Å². The molecule has 0 fully saturated rings. The Morgan fingerprint density at radius 3 is 2.85 bits per heavy atom. The van der Waals surface area contributed by atoms with Crippen molar-refractivity contribution in [3.8, 4) is 22.9 Å². The van der Waals surface area contributed by atoms with Crippen molar-refractivity contribution in [2.75, 3.05) is 13.7 Å². The number of methoxy groups -OCH3 is 1. The Balaban J connectivity index is 2.10. The summed E-state index contributed by atoms with van der Waals surface area (Å²) in [6.07, 6.45) is 1.34. The van der Waals surface area contributed by atoms with Crippen LogP contribution in [0, 0.1) is 0 Å². The molecule has 0 spiro atoms. The molecule has 0 amide bonds. The first-order valence-corrected chi connectivity index (χ1v) is 8.53. The van der Waals surface area contributed by atoms with Gasteiger partial charge in [-0.3, -0.25) is 9.36 Å². The van der Waals surface area contributed by atoms with Crippen molar-refractivity contribution in [1.29, 1.82) is 0 Å². The average Bonchev–Trinajstić information content (AvgIpc) is 2.69. The summed E-state index contributed by atoms with van der Waals surface area (Å²) in [5.41, 5.74) is 9.51. The summed E-state index contributed by atoms with van der Waals surface area (Å²) < 4.78 is 6.79. The quantitative estimate of drug-likeness (QED) is 0.296. The second-order valence-electron chi connectivity index (χ2n) is 5.96. The van der Waals surface area contributed by atoms with Crippen molar-refractivity contribution in [3.05, 3.63) is 63.3 Å². The van der Waals surface area contributed by atoms with Crippen LogP contribution in [0.15, 0.2) is 52.4 Å². The molecule has 1 heterocycles. The molecule has 3 rings (SSSR count). The van der Waals surface area contributed by atoms with E-state index in [1.165, 1.54) is 13.2 Å². The Labute approximate surface area is 155 Å². The van der Waals surface area contributed by atoms with Crippen molar-refractivity contribution in [2.24, 2.45) is 5.11 Å². The van der Waals surface area contributed by atoms with Crippen molar-refractivity contribution in [3.63, 3.8) is 0 Å². The van der Waals surface area contributed by atoms with Gasteiger partial charge in [-0.1, -0.05) is 17.2 Å². The second-order valence-corrected chi connectivity index (χ2v) is 5.96. The number of nitrogens with zero attached hydrogens (tertiary/aromatic N) is 5. The number of rotatable bonds is 7. The van der Waals surface area contributed by atoms with Crippen molar-refractivity contribution in [2.45, 2.75) is 19.4 Å². The predicted octanol–water partition coefficient (Wildman–Crippen LogP) is 3.87. The predicted molar refractivity (Wildman–Crippen MR) is 103 cm³/mol. The lowest BCUT2D eigenvalue weighted by atomic mass is 10.1. The minimum atomic E-state index is -0.133.